The van der Waals surface area contributed by atoms with Gasteiger partial charge in [-0.25, -0.2) is 0 Å². The summed E-state index contributed by atoms with van der Waals surface area (Å²) in [7, 11) is 0. The highest BCUT2D eigenvalue weighted by molar-refractivity contribution is 7.99. The third-order valence-electron chi connectivity index (χ3n) is 1.23. The van der Waals surface area contributed by atoms with Crippen LogP contribution in [0.25, 0.3) is 0 Å². The van der Waals surface area contributed by atoms with Crippen LogP contribution in [0.2, 0.25) is 0 Å². The maximum absolute atomic E-state index is 5.39. The molecule has 0 bridgehead atoms. The second-order valence-electron chi connectivity index (χ2n) is 1.93. The van der Waals surface area contributed by atoms with Crippen molar-refractivity contribution >= 4 is 11.8 Å². The minimum absolute atomic E-state index is 0.503. The average molecular weight is 132 g/mol. The molecule has 0 saturated carbocycles. The predicted molar refractivity (Wildman–Crippen MR) is 37.1 cm³/mol. The molecule has 1 aliphatic rings. The van der Waals surface area contributed by atoms with Crippen LogP contribution in [0.5, 0.6) is 0 Å². The quantitative estimate of drug-likeness (QED) is 0.538. The van der Waals surface area contributed by atoms with E-state index in [4.69, 9.17) is 4.74 Å². The summed E-state index contributed by atoms with van der Waals surface area (Å²) in [6.45, 7) is 3.15. The number of ether oxygens (including phenoxy) is 1. The molecule has 8 heavy (non-hydrogen) atoms. The fraction of sp³-hybridized carbons (Fsp3) is 1.00. The summed E-state index contributed by atoms with van der Waals surface area (Å²) < 4.78 is 5.39. The molecular formula is C6H12OS. The first-order valence-corrected chi connectivity index (χ1v) is 4.21. The van der Waals surface area contributed by atoms with E-state index in [1.165, 1.54) is 12.2 Å². The maximum Gasteiger partial charge on any atom is 0.102 e. The molecule has 0 amide bonds. The van der Waals surface area contributed by atoms with Crippen molar-refractivity contribution in [1.29, 1.82) is 0 Å². The molecule has 1 nitrogen and oxygen atoms in total. The van der Waals surface area contributed by atoms with Crippen LogP contribution < -0.4 is 0 Å². The summed E-state index contributed by atoms with van der Waals surface area (Å²) in [5.41, 5.74) is 0.503. The average Bonchev–Trinajstić information content (AvgIpc) is 1.90. The molecule has 0 aromatic rings. The van der Waals surface area contributed by atoms with E-state index in [-0.39, 0.29) is 0 Å². The second kappa shape index (κ2) is 3.36. The number of thioether (sulfide) groups is 1. The summed E-state index contributed by atoms with van der Waals surface area (Å²) in [6.07, 6.45) is 2.39. The lowest BCUT2D eigenvalue weighted by molar-refractivity contribution is 0.104. The van der Waals surface area contributed by atoms with Crippen molar-refractivity contribution < 1.29 is 4.74 Å². The highest BCUT2D eigenvalue weighted by Crippen LogP contribution is 2.21. The van der Waals surface area contributed by atoms with Crippen molar-refractivity contribution in [2.24, 2.45) is 0 Å². The van der Waals surface area contributed by atoms with E-state index < -0.39 is 0 Å². The number of hydrogen-bond acceptors (Lipinski definition) is 2. The van der Waals surface area contributed by atoms with Crippen LogP contribution in [0.1, 0.15) is 19.8 Å². The van der Waals surface area contributed by atoms with Crippen LogP contribution in [0.3, 0.4) is 0 Å². The molecule has 1 saturated heterocycles. The minimum Gasteiger partial charge on any atom is -0.368 e. The van der Waals surface area contributed by atoms with Gasteiger partial charge in [-0.15, -0.1) is 11.8 Å². The standard InChI is InChI=1S/C6H12OS/c1-2-6-7-4-3-5-8-6/h6H,2-5H2,1H3. The minimum atomic E-state index is 0.503. The number of rotatable bonds is 1. The highest BCUT2D eigenvalue weighted by atomic mass is 32.2. The van der Waals surface area contributed by atoms with E-state index >= 15 is 0 Å². The molecule has 0 aromatic heterocycles. The van der Waals surface area contributed by atoms with Gasteiger partial charge in [-0.05, 0) is 18.6 Å². The Morgan fingerprint density at radius 3 is 3.00 bits per heavy atom. The molecule has 1 heterocycles. The van der Waals surface area contributed by atoms with E-state index in [2.05, 4.69) is 6.92 Å². The molecule has 0 spiro atoms. The Labute approximate surface area is 54.8 Å². The lowest BCUT2D eigenvalue weighted by Gasteiger charge is -2.19. The summed E-state index contributed by atoms with van der Waals surface area (Å²) in [5.74, 6) is 1.29. The summed E-state index contributed by atoms with van der Waals surface area (Å²) in [4.78, 5) is 0. The van der Waals surface area contributed by atoms with Crippen molar-refractivity contribution in [3.05, 3.63) is 0 Å². The zero-order chi connectivity index (χ0) is 5.82. The van der Waals surface area contributed by atoms with E-state index in [0.717, 1.165) is 13.0 Å². The van der Waals surface area contributed by atoms with Gasteiger partial charge in [-0.2, -0.15) is 0 Å². The van der Waals surface area contributed by atoms with E-state index in [1.54, 1.807) is 0 Å². The van der Waals surface area contributed by atoms with Crippen molar-refractivity contribution in [3.8, 4) is 0 Å². The third-order valence-corrected chi connectivity index (χ3v) is 2.60. The van der Waals surface area contributed by atoms with Crippen LogP contribution in [0.4, 0.5) is 0 Å². The van der Waals surface area contributed by atoms with Gasteiger partial charge in [0, 0.05) is 6.61 Å². The van der Waals surface area contributed by atoms with Gasteiger partial charge in [0.05, 0.1) is 0 Å². The maximum atomic E-state index is 5.39. The molecule has 0 radical (unpaired) electrons. The molecule has 48 valence electrons. The first-order chi connectivity index (χ1) is 3.93. The molecule has 1 aliphatic heterocycles. The second-order valence-corrected chi connectivity index (χ2v) is 3.20. The normalized spacial score (nSPS) is 30.4. The predicted octanol–water partition coefficient (Wildman–Crippen LogP) is 1.88. The Bertz CT molecular complexity index is 59.5. The zero-order valence-electron chi connectivity index (χ0n) is 5.22. The summed E-state index contributed by atoms with van der Waals surface area (Å²) in [5, 5.41) is 0. The van der Waals surface area contributed by atoms with Gasteiger partial charge in [0.25, 0.3) is 0 Å². The first-order valence-electron chi connectivity index (χ1n) is 3.16. The number of hydrogen-bond donors (Lipinski definition) is 0. The van der Waals surface area contributed by atoms with Gasteiger partial charge in [0.1, 0.15) is 5.44 Å². The van der Waals surface area contributed by atoms with Gasteiger partial charge in [0.2, 0.25) is 0 Å². The smallest absolute Gasteiger partial charge is 0.102 e. The monoisotopic (exact) mass is 132 g/mol. The van der Waals surface area contributed by atoms with Crippen LogP contribution in [-0.4, -0.2) is 17.8 Å². The van der Waals surface area contributed by atoms with Gasteiger partial charge in [0.15, 0.2) is 0 Å². The first kappa shape index (κ1) is 6.43. The van der Waals surface area contributed by atoms with E-state index in [1.807, 2.05) is 11.8 Å². The topological polar surface area (TPSA) is 9.23 Å². The van der Waals surface area contributed by atoms with Crippen LogP contribution in [0.15, 0.2) is 0 Å². The fourth-order valence-corrected chi connectivity index (χ4v) is 1.75. The molecule has 1 rings (SSSR count). The Kier molecular flexibility index (Phi) is 2.70. The van der Waals surface area contributed by atoms with Crippen molar-refractivity contribution in [2.75, 3.05) is 12.4 Å². The Morgan fingerprint density at radius 2 is 2.62 bits per heavy atom. The molecule has 0 N–H and O–H groups in total. The Hall–Kier alpha value is 0.310. The van der Waals surface area contributed by atoms with Gasteiger partial charge in [-0.1, -0.05) is 6.92 Å². The molecule has 2 heteroatoms. The van der Waals surface area contributed by atoms with Crippen LogP contribution in [-0.2, 0) is 4.74 Å². The lowest BCUT2D eigenvalue weighted by atomic mass is 10.5. The Morgan fingerprint density at radius 1 is 1.75 bits per heavy atom. The molecule has 1 atom stereocenters. The fourth-order valence-electron chi connectivity index (χ4n) is 0.772. The summed E-state index contributed by atoms with van der Waals surface area (Å²) >= 11 is 1.94. The molecular weight excluding hydrogens is 120 g/mol. The van der Waals surface area contributed by atoms with Crippen LogP contribution >= 0.6 is 11.8 Å². The van der Waals surface area contributed by atoms with Gasteiger partial charge < -0.3 is 4.74 Å². The molecule has 0 aromatic carbocycles. The third kappa shape index (κ3) is 1.67. The van der Waals surface area contributed by atoms with Gasteiger partial charge in [-0.3, -0.25) is 0 Å². The lowest BCUT2D eigenvalue weighted by Crippen LogP contribution is -2.14. The van der Waals surface area contributed by atoms with Gasteiger partial charge >= 0.3 is 0 Å². The largest absolute Gasteiger partial charge is 0.368 e. The van der Waals surface area contributed by atoms with E-state index in [9.17, 15) is 0 Å². The highest BCUT2D eigenvalue weighted by Gasteiger charge is 2.10. The SMILES string of the molecule is CCC1OCCCS1. The van der Waals surface area contributed by atoms with Crippen molar-refractivity contribution in [2.45, 2.75) is 25.2 Å². The Balaban J connectivity index is 2.13. The van der Waals surface area contributed by atoms with Crippen molar-refractivity contribution in [1.82, 2.24) is 0 Å². The zero-order valence-corrected chi connectivity index (χ0v) is 6.04. The van der Waals surface area contributed by atoms with Crippen LogP contribution in [0, 0.1) is 0 Å². The van der Waals surface area contributed by atoms with E-state index in [0.29, 0.717) is 5.44 Å². The molecule has 1 fully saturated rings. The molecule has 0 aliphatic carbocycles. The summed E-state index contributed by atoms with van der Waals surface area (Å²) in [6, 6.07) is 0. The molecule has 1 unspecified atom stereocenters. The van der Waals surface area contributed by atoms with Crippen molar-refractivity contribution in [3.63, 3.8) is 0 Å².